The van der Waals surface area contributed by atoms with E-state index in [1.165, 1.54) is 12.3 Å². The van der Waals surface area contributed by atoms with E-state index in [0.29, 0.717) is 36.0 Å². The highest BCUT2D eigenvalue weighted by Crippen LogP contribution is 2.25. The van der Waals surface area contributed by atoms with E-state index in [0.717, 1.165) is 5.56 Å². The lowest BCUT2D eigenvalue weighted by Crippen LogP contribution is -2.33. The van der Waals surface area contributed by atoms with Crippen LogP contribution in [0.25, 0.3) is 10.8 Å². The van der Waals surface area contributed by atoms with Crippen LogP contribution in [0.15, 0.2) is 47.7 Å². The topological polar surface area (TPSA) is 85.2 Å². The van der Waals surface area contributed by atoms with Gasteiger partial charge in [-0.3, -0.25) is 9.78 Å². The Bertz CT molecular complexity index is 1150. The van der Waals surface area contributed by atoms with Gasteiger partial charge in [0.15, 0.2) is 0 Å². The molecule has 2 N–H and O–H groups in total. The Morgan fingerprint density at radius 3 is 2.68 bits per heavy atom. The summed E-state index contributed by atoms with van der Waals surface area (Å²) in [5.41, 5.74) is 0.740. The first-order valence-corrected chi connectivity index (χ1v) is 10.1. The molecule has 2 aromatic heterocycles. The molecular weight excluding hydrogens is 399 g/mol. The second kappa shape index (κ2) is 9.16. The number of alkyl carbamates (subject to hydrolysis) is 1. The molecule has 3 rings (SSSR count). The second-order valence-electron chi connectivity index (χ2n) is 8.36. The molecule has 1 amide bonds. The van der Waals surface area contributed by atoms with Gasteiger partial charge in [0.1, 0.15) is 11.4 Å². The van der Waals surface area contributed by atoms with Crippen LogP contribution in [-0.4, -0.2) is 27.8 Å². The number of amides is 1. The zero-order valence-electron chi connectivity index (χ0n) is 18.2. The maximum Gasteiger partial charge on any atom is 0.407 e. The molecule has 0 atom stereocenters. The first-order chi connectivity index (χ1) is 14.6. The Morgan fingerprint density at radius 1 is 1.19 bits per heavy atom. The number of nitrogens with zero attached hydrogens (tertiary/aromatic N) is 2. The Labute approximate surface area is 180 Å². The molecule has 0 aliphatic rings. The number of carbonyl (C=O) groups excluding carboxylic acids is 1. The molecule has 2 heterocycles. The van der Waals surface area contributed by atoms with Crippen LogP contribution in [0, 0.1) is 12.7 Å². The van der Waals surface area contributed by atoms with Gasteiger partial charge in [0.05, 0.1) is 23.0 Å². The average Bonchev–Trinajstić information content (AvgIpc) is 2.67. The van der Waals surface area contributed by atoms with Crippen molar-refractivity contribution in [3.8, 4) is 0 Å². The van der Waals surface area contributed by atoms with Gasteiger partial charge < -0.3 is 19.9 Å². The van der Waals surface area contributed by atoms with Crippen molar-refractivity contribution < 1.29 is 13.9 Å². The number of rotatable bonds is 6. The van der Waals surface area contributed by atoms with Crippen LogP contribution in [0.3, 0.4) is 0 Å². The number of halogens is 1. The molecule has 0 saturated heterocycles. The molecule has 0 fully saturated rings. The molecule has 1 aromatic carbocycles. The number of benzene rings is 1. The van der Waals surface area contributed by atoms with Crippen molar-refractivity contribution in [1.82, 2.24) is 14.9 Å². The lowest BCUT2D eigenvalue weighted by molar-refractivity contribution is 0.0526. The molecule has 0 spiro atoms. The summed E-state index contributed by atoms with van der Waals surface area (Å²) in [7, 11) is 0. The van der Waals surface area contributed by atoms with E-state index >= 15 is 0 Å². The lowest BCUT2D eigenvalue weighted by Gasteiger charge is -2.19. The summed E-state index contributed by atoms with van der Waals surface area (Å²) in [4.78, 5) is 29.0. The number of anilines is 2. The van der Waals surface area contributed by atoms with Crippen molar-refractivity contribution in [2.45, 2.75) is 46.3 Å². The largest absolute Gasteiger partial charge is 0.444 e. The number of ether oxygens (including phenoxy) is 1. The zero-order valence-corrected chi connectivity index (χ0v) is 18.2. The minimum Gasteiger partial charge on any atom is -0.444 e. The molecule has 8 heteroatoms. The van der Waals surface area contributed by atoms with Crippen molar-refractivity contribution in [3.05, 3.63) is 64.6 Å². The van der Waals surface area contributed by atoms with E-state index in [1.54, 1.807) is 55.9 Å². The first kappa shape index (κ1) is 22.3. The molecule has 0 aliphatic heterocycles. The maximum absolute atomic E-state index is 14.3. The monoisotopic (exact) mass is 426 g/mol. The fourth-order valence-electron chi connectivity index (χ4n) is 3.11. The summed E-state index contributed by atoms with van der Waals surface area (Å²) in [6, 6.07) is 6.64. The number of aromatic nitrogens is 2. The van der Waals surface area contributed by atoms with Crippen molar-refractivity contribution >= 4 is 28.2 Å². The van der Waals surface area contributed by atoms with E-state index in [4.69, 9.17) is 4.74 Å². The van der Waals surface area contributed by atoms with Crippen molar-refractivity contribution in [1.29, 1.82) is 0 Å². The zero-order chi connectivity index (χ0) is 22.6. The van der Waals surface area contributed by atoms with E-state index in [9.17, 15) is 14.0 Å². The molecule has 0 unspecified atom stereocenters. The van der Waals surface area contributed by atoms with Gasteiger partial charge in [-0.15, -0.1) is 0 Å². The van der Waals surface area contributed by atoms with Crippen LogP contribution in [0.1, 0.15) is 32.8 Å². The Balaban J connectivity index is 1.76. The summed E-state index contributed by atoms with van der Waals surface area (Å²) < 4.78 is 21.0. The summed E-state index contributed by atoms with van der Waals surface area (Å²) in [5, 5.41) is 6.76. The van der Waals surface area contributed by atoms with Crippen LogP contribution in [0.5, 0.6) is 0 Å². The molecule has 164 valence electrons. The molecular formula is C23H27FN4O3. The molecule has 3 aromatic rings. The molecule has 7 nitrogen and oxygen atoms in total. The number of hydrogen-bond donors (Lipinski definition) is 2. The van der Waals surface area contributed by atoms with Gasteiger partial charge in [-0.25, -0.2) is 9.18 Å². The van der Waals surface area contributed by atoms with Crippen molar-refractivity contribution in [2.75, 3.05) is 11.9 Å². The number of carbonyl (C=O) groups is 1. The molecule has 0 aliphatic carbocycles. The second-order valence-corrected chi connectivity index (χ2v) is 8.36. The normalized spacial score (nSPS) is 11.4. The van der Waals surface area contributed by atoms with Crippen LogP contribution in [-0.2, 0) is 11.3 Å². The summed E-state index contributed by atoms with van der Waals surface area (Å²) in [6.07, 6.45) is 4.86. The van der Waals surface area contributed by atoms with Gasteiger partial charge in [0.2, 0.25) is 0 Å². The Hall–Kier alpha value is -3.42. The van der Waals surface area contributed by atoms with E-state index in [2.05, 4.69) is 15.6 Å². The highest BCUT2D eigenvalue weighted by molar-refractivity contribution is 5.93. The Kier molecular flexibility index (Phi) is 6.58. The maximum atomic E-state index is 14.3. The smallest absolute Gasteiger partial charge is 0.407 e. The number of aryl methyl sites for hydroxylation is 2. The van der Waals surface area contributed by atoms with Crippen molar-refractivity contribution in [2.24, 2.45) is 0 Å². The quantitative estimate of drug-likeness (QED) is 0.567. The SMILES string of the molecule is Cc1ccc(Nc2cncc3ccn(CCCNC(=O)OC(C)(C)C)c(=O)c23)c(F)c1. The summed E-state index contributed by atoms with van der Waals surface area (Å²) in [6.45, 7) is 7.97. The molecule has 0 bridgehead atoms. The predicted molar refractivity (Wildman–Crippen MR) is 119 cm³/mol. The fraction of sp³-hybridized carbons (Fsp3) is 0.348. The third-order valence-electron chi connectivity index (χ3n) is 4.52. The number of pyridine rings is 2. The third-order valence-corrected chi connectivity index (χ3v) is 4.52. The van der Waals surface area contributed by atoms with E-state index in [1.807, 2.05) is 6.92 Å². The number of fused-ring (bicyclic) bond motifs is 1. The van der Waals surface area contributed by atoms with Gasteiger partial charge in [0, 0.05) is 30.9 Å². The lowest BCUT2D eigenvalue weighted by atomic mass is 10.1. The first-order valence-electron chi connectivity index (χ1n) is 10.1. The van der Waals surface area contributed by atoms with Gasteiger partial charge >= 0.3 is 6.09 Å². The van der Waals surface area contributed by atoms with Gasteiger partial charge in [-0.05, 0) is 57.9 Å². The summed E-state index contributed by atoms with van der Waals surface area (Å²) >= 11 is 0. The predicted octanol–water partition coefficient (Wildman–Crippen LogP) is 4.50. The average molecular weight is 426 g/mol. The highest BCUT2D eigenvalue weighted by Gasteiger charge is 2.15. The standard InChI is InChI=1S/C23H27FN4O3/c1-15-6-7-18(17(24)12-15)27-19-14-25-13-16-8-11-28(21(29)20(16)19)10-5-9-26-22(30)31-23(2,3)4/h6-8,11-14,27H,5,9-10H2,1-4H3,(H,26,30). The third kappa shape index (κ3) is 5.81. The van der Waals surface area contributed by atoms with Crippen LogP contribution >= 0.6 is 0 Å². The number of nitrogens with one attached hydrogen (secondary N) is 2. The molecule has 31 heavy (non-hydrogen) atoms. The van der Waals surface area contributed by atoms with Gasteiger partial charge in [-0.2, -0.15) is 0 Å². The van der Waals surface area contributed by atoms with Crippen molar-refractivity contribution in [3.63, 3.8) is 0 Å². The Morgan fingerprint density at radius 2 is 1.97 bits per heavy atom. The molecule has 0 saturated carbocycles. The number of hydrogen-bond acceptors (Lipinski definition) is 5. The minimum atomic E-state index is -0.562. The van der Waals surface area contributed by atoms with Crippen LogP contribution < -0.4 is 16.2 Å². The minimum absolute atomic E-state index is 0.216. The summed E-state index contributed by atoms with van der Waals surface area (Å²) in [5.74, 6) is -0.401. The van der Waals surface area contributed by atoms with E-state index in [-0.39, 0.29) is 11.2 Å². The molecule has 0 radical (unpaired) electrons. The fourth-order valence-corrected chi connectivity index (χ4v) is 3.11. The van der Waals surface area contributed by atoms with Gasteiger partial charge in [-0.1, -0.05) is 6.07 Å². The highest BCUT2D eigenvalue weighted by atomic mass is 19.1. The van der Waals surface area contributed by atoms with Crippen LogP contribution in [0.2, 0.25) is 0 Å². The van der Waals surface area contributed by atoms with Crippen LogP contribution in [0.4, 0.5) is 20.6 Å². The van der Waals surface area contributed by atoms with E-state index < -0.39 is 17.5 Å². The van der Waals surface area contributed by atoms with Gasteiger partial charge in [0.25, 0.3) is 5.56 Å².